The molecule has 134 valence electrons. The highest BCUT2D eigenvalue weighted by atomic mass is 16.6. The van der Waals surface area contributed by atoms with Gasteiger partial charge in [0.05, 0.1) is 14.2 Å². The maximum atomic E-state index is 11.5. The molecule has 5 heteroatoms. The maximum absolute atomic E-state index is 11.5. The largest absolute Gasteiger partial charge is 0.493 e. The predicted octanol–water partition coefficient (Wildman–Crippen LogP) is 2.97. The quantitative estimate of drug-likeness (QED) is 0.560. The fraction of sp³-hybridized carbons (Fsp3) is 0.350. The average Bonchev–Trinajstić information content (AvgIpc) is 2.66. The third kappa shape index (κ3) is 5.80. The average molecular weight is 343 g/mol. The summed E-state index contributed by atoms with van der Waals surface area (Å²) >= 11 is 0. The summed E-state index contributed by atoms with van der Waals surface area (Å²) in [6, 6.07) is 16.0. The molecule has 2 rings (SSSR count). The third-order valence-corrected chi connectivity index (χ3v) is 3.83. The van der Waals surface area contributed by atoms with Gasteiger partial charge in [-0.1, -0.05) is 36.4 Å². The second kappa shape index (κ2) is 9.69. The molecule has 2 aromatic rings. The van der Waals surface area contributed by atoms with Crippen molar-refractivity contribution >= 4 is 5.97 Å². The summed E-state index contributed by atoms with van der Waals surface area (Å²) < 4.78 is 15.6. The van der Waals surface area contributed by atoms with Crippen LogP contribution in [-0.4, -0.2) is 32.8 Å². The molecule has 25 heavy (non-hydrogen) atoms. The number of benzene rings is 2. The van der Waals surface area contributed by atoms with Gasteiger partial charge < -0.3 is 19.5 Å². The van der Waals surface area contributed by atoms with Gasteiger partial charge in [-0.15, -0.1) is 0 Å². The van der Waals surface area contributed by atoms with Crippen LogP contribution in [0.5, 0.6) is 11.5 Å². The van der Waals surface area contributed by atoms with Gasteiger partial charge in [-0.2, -0.15) is 0 Å². The van der Waals surface area contributed by atoms with E-state index >= 15 is 0 Å². The van der Waals surface area contributed by atoms with Gasteiger partial charge in [0.2, 0.25) is 0 Å². The Morgan fingerprint density at radius 3 is 2.48 bits per heavy atom. The molecule has 1 unspecified atom stereocenters. The normalized spacial score (nSPS) is 11.6. The Bertz CT molecular complexity index is 673. The third-order valence-electron chi connectivity index (χ3n) is 3.83. The summed E-state index contributed by atoms with van der Waals surface area (Å²) in [5, 5.41) is 3.42. The minimum Gasteiger partial charge on any atom is -0.493 e. The Balaban J connectivity index is 1.88. The van der Waals surface area contributed by atoms with Gasteiger partial charge in [0.15, 0.2) is 17.6 Å². The Morgan fingerprint density at radius 2 is 1.80 bits per heavy atom. The molecular formula is C20H25NO4. The van der Waals surface area contributed by atoms with Crippen molar-refractivity contribution in [2.45, 2.75) is 26.0 Å². The first-order valence-corrected chi connectivity index (χ1v) is 8.30. The van der Waals surface area contributed by atoms with E-state index in [0.29, 0.717) is 11.5 Å². The fourth-order valence-electron chi connectivity index (χ4n) is 2.43. The van der Waals surface area contributed by atoms with Crippen molar-refractivity contribution in [3.05, 3.63) is 59.7 Å². The number of nitrogens with one attached hydrogen (secondary N) is 1. The summed E-state index contributed by atoms with van der Waals surface area (Å²) in [7, 11) is 2.92. The predicted molar refractivity (Wildman–Crippen MR) is 97.0 cm³/mol. The van der Waals surface area contributed by atoms with E-state index in [1.165, 1.54) is 12.7 Å². The molecule has 0 saturated carbocycles. The molecule has 1 atom stereocenters. The van der Waals surface area contributed by atoms with E-state index in [1.54, 1.807) is 14.0 Å². The minimum absolute atomic E-state index is 0.422. The lowest BCUT2D eigenvalue weighted by Gasteiger charge is -2.16. The molecule has 0 heterocycles. The molecule has 0 fully saturated rings. The van der Waals surface area contributed by atoms with E-state index in [9.17, 15) is 4.79 Å². The number of carbonyl (C=O) groups excluding carboxylic acids is 1. The molecule has 0 radical (unpaired) electrons. The van der Waals surface area contributed by atoms with Gasteiger partial charge in [-0.05, 0) is 43.1 Å². The second-order valence-electron chi connectivity index (χ2n) is 5.68. The van der Waals surface area contributed by atoms with Crippen LogP contribution < -0.4 is 14.8 Å². The van der Waals surface area contributed by atoms with Crippen LogP contribution in [0.4, 0.5) is 0 Å². The standard InChI is InChI=1S/C20H25NO4/c1-15(20(22)24-3)25-18-10-9-17(13-19(18)23-2)14-21-12-11-16-7-5-4-6-8-16/h4-10,13,15,21H,11-12,14H2,1-3H3. The molecule has 5 nitrogen and oxygen atoms in total. The number of hydrogen-bond donors (Lipinski definition) is 1. The Morgan fingerprint density at radius 1 is 1.04 bits per heavy atom. The number of esters is 1. The van der Waals surface area contributed by atoms with Crippen molar-refractivity contribution in [3.8, 4) is 11.5 Å². The highest BCUT2D eigenvalue weighted by Gasteiger charge is 2.17. The highest BCUT2D eigenvalue weighted by Crippen LogP contribution is 2.29. The second-order valence-corrected chi connectivity index (χ2v) is 5.68. The summed E-state index contributed by atoms with van der Waals surface area (Å²) in [4.78, 5) is 11.5. The lowest BCUT2D eigenvalue weighted by atomic mass is 10.1. The zero-order valence-corrected chi connectivity index (χ0v) is 15.0. The van der Waals surface area contributed by atoms with E-state index in [-0.39, 0.29) is 0 Å². The molecule has 0 aliphatic carbocycles. The van der Waals surface area contributed by atoms with Crippen molar-refractivity contribution in [2.24, 2.45) is 0 Å². The first-order valence-electron chi connectivity index (χ1n) is 8.30. The number of hydrogen-bond acceptors (Lipinski definition) is 5. The van der Waals surface area contributed by atoms with Crippen LogP contribution in [0.3, 0.4) is 0 Å². The topological polar surface area (TPSA) is 56.8 Å². The summed E-state index contributed by atoms with van der Waals surface area (Å²) in [5.41, 5.74) is 2.40. The van der Waals surface area contributed by atoms with Gasteiger partial charge in [-0.25, -0.2) is 4.79 Å². The zero-order chi connectivity index (χ0) is 18.1. The van der Waals surface area contributed by atoms with Gasteiger partial charge in [0, 0.05) is 6.54 Å². The zero-order valence-electron chi connectivity index (χ0n) is 15.0. The van der Waals surface area contributed by atoms with Gasteiger partial charge >= 0.3 is 5.97 Å². The van der Waals surface area contributed by atoms with E-state index in [1.807, 2.05) is 36.4 Å². The molecule has 0 bridgehead atoms. The molecule has 0 amide bonds. The van der Waals surface area contributed by atoms with Crippen molar-refractivity contribution < 1.29 is 19.0 Å². The summed E-state index contributed by atoms with van der Waals surface area (Å²) in [5.74, 6) is 0.695. The SMILES string of the molecule is COC(=O)C(C)Oc1ccc(CNCCc2ccccc2)cc1OC. The first kappa shape index (κ1) is 18.8. The lowest BCUT2D eigenvalue weighted by Crippen LogP contribution is -2.25. The molecule has 0 aliphatic heterocycles. The molecule has 0 spiro atoms. The van der Waals surface area contributed by atoms with E-state index in [4.69, 9.17) is 9.47 Å². The summed E-state index contributed by atoms with van der Waals surface area (Å²) in [6.45, 7) is 3.27. The van der Waals surface area contributed by atoms with Crippen LogP contribution in [0.25, 0.3) is 0 Å². The van der Waals surface area contributed by atoms with Crippen molar-refractivity contribution in [2.75, 3.05) is 20.8 Å². The van der Waals surface area contributed by atoms with Crippen LogP contribution >= 0.6 is 0 Å². The molecular weight excluding hydrogens is 318 g/mol. The van der Waals surface area contributed by atoms with Gasteiger partial charge in [0.1, 0.15) is 0 Å². The maximum Gasteiger partial charge on any atom is 0.346 e. The minimum atomic E-state index is -0.686. The van der Waals surface area contributed by atoms with Crippen molar-refractivity contribution in [1.82, 2.24) is 5.32 Å². The van der Waals surface area contributed by atoms with Gasteiger partial charge in [-0.3, -0.25) is 0 Å². The number of rotatable bonds is 9. The monoisotopic (exact) mass is 343 g/mol. The Hall–Kier alpha value is -2.53. The summed E-state index contributed by atoms with van der Waals surface area (Å²) in [6.07, 6.45) is 0.296. The van der Waals surface area contributed by atoms with Crippen LogP contribution in [0.1, 0.15) is 18.1 Å². The molecule has 0 aromatic heterocycles. The molecule has 1 N–H and O–H groups in total. The smallest absolute Gasteiger partial charge is 0.346 e. The Kier molecular flexibility index (Phi) is 7.29. The van der Waals surface area contributed by atoms with E-state index in [0.717, 1.165) is 25.1 Å². The molecule has 0 saturated heterocycles. The molecule has 2 aromatic carbocycles. The first-order chi connectivity index (χ1) is 12.1. The van der Waals surface area contributed by atoms with Crippen LogP contribution in [0.15, 0.2) is 48.5 Å². The van der Waals surface area contributed by atoms with E-state index in [2.05, 4.69) is 22.2 Å². The highest BCUT2D eigenvalue weighted by molar-refractivity contribution is 5.74. The van der Waals surface area contributed by atoms with Crippen LogP contribution in [0.2, 0.25) is 0 Å². The number of methoxy groups -OCH3 is 2. The van der Waals surface area contributed by atoms with Crippen LogP contribution in [-0.2, 0) is 22.5 Å². The number of carbonyl (C=O) groups is 1. The van der Waals surface area contributed by atoms with Crippen molar-refractivity contribution in [1.29, 1.82) is 0 Å². The molecule has 0 aliphatic rings. The van der Waals surface area contributed by atoms with Crippen LogP contribution in [0, 0.1) is 0 Å². The van der Waals surface area contributed by atoms with E-state index < -0.39 is 12.1 Å². The number of ether oxygens (including phenoxy) is 3. The van der Waals surface area contributed by atoms with Crippen molar-refractivity contribution in [3.63, 3.8) is 0 Å². The Labute approximate surface area is 148 Å². The van der Waals surface area contributed by atoms with Gasteiger partial charge in [0.25, 0.3) is 0 Å². The fourth-order valence-corrected chi connectivity index (χ4v) is 2.43. The lowest BCUT2D eigenvalue weighted by molar-refractivity contribution is -0.147.